The Hall–Kier alpha value is -1.10. The Kier molecular flexibility index (Phi) is 9.21. The highest BCUT2D eigenvalue weighted by Gasteiger charge is 2.18. The van der Waals surface area contributed by atoms with Crippen LogP contribution in [0.2, 0.25) is 0 Å². The zero-order valence-electron chi connectivity index (χ0n) is 13.5. The molecule has 5 nitrogen and oxygen atoms in total. The fourth-order valence-corrected chi connectivity index (χ4v) is 2.13. The van der Waals surface area contributed by atoms with Gasteiger partial charge in [0.15, 0.2) is 0 Å². The van der Waals surface area contributed by atoms with Crippen LogP contribution in [0.3, 0.4) is 0 Å². The fraction of sp³-hybridized carbons (Fsp3) is 0.867. The Morgan fingerprint density at radius 1 is 1.00 bits per heavy atom. The molecule has 0 rings (SSSR count). The van der Waals surface area contributed by atoms with E-state index in [0.717, 1.165) is 12.8 Å². The van der Waals surface area contributed by atoms with Gasteiger partial charge in [0.2, 0.25) is 11.8 Å². The van der Waals surface area contributed by atoms with Crippen molar-refractivity contribution in [2.24, 2.45) is 17.6 Å². The van der Waals surface area contributed by atoms with E-state index in [1.165, 1.54) is 0 Å². The molecule has 5 heteroatoms. The zero-order valence-corrected chi connectivity index (χ0v) is 13.5. The van der Waals surface area contributed by atoms with Gasteiger partial charge in [0.25, 0.3) is 0 Å². The van der Waals surface area contributed by atoms with Crippen LogP contribution in [-0.2, 0) is 9.59 Å². The van der Waals surface area contributed by atoms with Crippen molar-refractivity contribution in [3.05, 3.63) is 0 Å². The van der Waals surface area contributed by atoms with Crippen molar-refractivity contribution in [3.8, 4) is 0 Å². The quantitative estimate of drug-likeness (QED) is 0.599. The molecule has 20 heavy (non-hydrogen) atoms. The molecule has 4 N–H and O–H groups in total. The molecule has 118 valence electrons. The van der Waals surface area contributed by atoms with E-state index in [1.54, 1.807) is 6.92 Å². The van der Waals surface area contributed by atoms with Crippen molar-refractivity contribution in [1.82, 2.24) is 10.6 Å². The summed E-state index contributed by atoms with van der Waals surface area (Å²) in [6.45, 7) is 10.4. The monoisotopic (exact) mass is 285 g/mol. The van der Waals surface area contributed by atoms with Crippen LogP contribution < -0.4 is 16.4 Å². The van der Waals surface area contributed by atoms with E-state index in [0.29, 0.717) is 24.8 Å². The second kappa shape index (κ2) is 9.75. The Morgan fingerprint density at radius 2 is 1.60 bits per heavy atom. The van der Waals surface area contributed by atoms with Crippen molar-refractivity contribution >= 4 is 11.8 Å². The predicted molar refractivity (Wildman–Crippen MR) is 82.1 cm³/mol. The van der Waals surface area contributed by atoms with E-state index < -0.39 is 6.04 Å². The zero-order chi connectivity index (χ0) is 15.7. The number of rotatable bonds is 9. The maximum atomic E-state index is 11.9. The van der Waals surface area contributed by atoms with E-state index in [9.17, 15) is 9.59 Å². The first-order chi connectivity index (χ1) is 9.27. The summed E-state index contributed by atoms with van der Waals surface area (Å²) in [5.74, 6) is 0.772. The van der Waals surface area contributed by atoms with Gasteiger partial charge in [0, 0.05) is 12.5 Å². The molecule has 0 aliphatic rings. The SMILES string of the molecule is CC(C)NC(=O)C(C)NC(=O)CCC(CCN)C(C)C. The van der Waals surface area contributed by atoms with Crippen molar-refractivity contribution < 1.29 is 9.59 Å². The Morgan fingerprint density at radius 3 is 2.05 bits per heavy atom. The largest absolute Gasteiger partial charge is 0.352 e. The normalized spacial score (nSPS) is 14.2. The van der Waals surface area contributed by atoms with Gasteiger partial charge in [0.05, 0.1) is 0 Å². The Balaban J connectivity index is 4.12. The van der Waals surface area contributed by atoms with Crippen LogP contribution in [0.15, 0.2) is 0 Å². The third kappa shape index (κ3) is 8.15. The van der Waals surface area contributed by atoms with Crippen molar-refractivity contribution in [1.29, 1.82) is 0 Å². The summed E-state index contributed by atoms with van der Waals surface area (Å²) in [6, 6.07) is -0.409. The highest BCUT2D eigenvalue weighted by molar-refractivity contribution is 5.87. The summed E-state index contributed by atoms with van der Waals surface area (Å²) >= 11 is 0. The topological polar surface area (TPSA) is 84.2 Å². The van der Waals surface area contributed by atoms with Crippen LogP contribution in [0.1, 0.15) is 53.9 Å². The molecule has 0 fully saturated rings. The van der Waals surface area contributed by atoms with Gasteiger partial charge in [-0.1, -0.05) is 13.8 Å². The molecule has 0 saturated heterocycles. The summed E-state index contributed by atoms with van der Waals surface area (Å²) in [5.41, 5.74) is 5.59. The van der Waals surface area contributed by atoms with Crippen LogP contribution in [0.4, 0.5) is 0 Å². The molecule has 0 bridgehead atoms. The summed E-state index contributed by atoms with van der Waals surface area (Å²) in [4.78, 5) is 23.5. The molecule has 2 atom stereocenters. The summed E-state index contributed by atoms with van der Waals surface area (Å²) in [7, 11) is 0. The fourth-order valence-electron chi connectivity index (χ4n) is 2.13. The smallest absolute Gasteiger partial charge is 0.242 e. The molecule has 0 spiro atoms. The van der Waals surface area contributed by atoms with Crippen LogP contribution in [0.25, 0.3) is 0 Å². The second-order valence-electron chi connectivity index (χ2n) is 6.07. The number of hydrogen-bond acceptors (Lipinski definition) is 3. The molecule has 0 aliphatic heterocycles. The lowest BCUT2D eigenvalue weighted by atomic mass is 9.88. The van der Waals surface area contributed by atoms with Crippen molar-refractivity contribution in [3.63, 3.8) is 0 Å². The number of carbonyl (C=O) groups is 2. The number of carbonyl (C=O) groups excluding carboxylic acids is 2. The van der Waals surface area contributed by atoms with Crippen LogP contribution in [-0.4, -0.2) is 30.4 Å². The molecular weight excluding hydrogens is 254 g/mol. The van der Waals surface area contributed by atoms with Gasteiger partial charge in [-0.15, -0.1) is 0 Å². The Bertz CT molecular complexity index is 303. The second-order valence-corrected chi connectivity index (χ2v) is 6.07. The van der Waals surface area contributed by atoms with E-state index in [1.807, 2.05) is 13.8 Å². The van der Waals surface area contributed by atoms with Gasteiger partial charge in [0.1, 0.15) is 6.04 Å². The predicted octanol–water partition coefficient (Wildman–Crippen LogP) is 1.42. The van der Waals surface area contributed by atoms with Crippen molar-refractivity contribution in [2.45, 2.75) is 66.0 Å². The van der Waals surface area contributed by atoms with Gasteiger partial charge in [-0.25, -0.2) is 0 Å². The first kappa shape index (κ1) is 18.9. The maximum Gasteiger partial charge on any atom is 0.242 e. The number of nitrogens with two attached hydrogens (primary N) is 1. The van der Waals surface area contributed by atoms with E-state index in [-0.39, 0.29) is 17.9 Å². The first-order valence-electron chi connectivity index (χ1n) is 7.57. The lowest BCUT2D eigenvalue weighted by Gasteiger charge is -2.20. The number of hydrogen-bond donors (Lipinski definition) is 3. The van der Waals surface area contributed by atoms with Crippen LogP contribution in [0, 0.1) is 11.8 Å². The molecular formula is C15H31N3O2. The van der Waals surface area contributed by atoms with Gasteiger partial charge in [-0.3, -0.25) is 9.59 Å². The highest BCUT2D eigenvalue weighted by Crippen LogP contribution is 2.20. The molecule has 0 aromatic rings. The first-order valence-corrected chi connectivity index (χ1v) is 7.57. The van der Waals surface area contributed by atoms with E-state index >= 15 is 0 Å². The molecule has 0 aromatic carbocycles. The minimum Gasteiger partial charge on any atom is -0.352 e. The minimum atomic E-state index is -0.489. The lowest BCUT2D eigenvalue weighted by Crippen LogP contribution is -2.46. The minimum absolute atomic E-state index is 0.0703. The molecule has 0 heterocycles. The van der Waals surface area contributed by atoms with Gasteiger partial charge in [-0.2, -0.15) is 0 Å². The van der Waals surface area contributed by atoms with E-state index in [4.69, 9.17) is 5.73 Å². The van der Waals surface area contributed by atoms with Crippen LogP contribution >= 0.6 is 0 Å². The summed E-state index contributed by atoms with van der Waals surface area (Å²) in [5, 5.41) is 5.52. The number of nitrogens with one attached hydrogen (secondary N) is 2. The molecule has 0 radical (unpaired) electrons. The molecule has 0 aromatic heterocycles. The summed E-state index contributed by atoms with van der Waals surface area (Å²) < 4.78 is 0. The van der Waals surface area contributed by atoms with Gasteiger partial charge < -0.3 is 16.4 Å². The molecule has 2 unspecified atom stereocenters. The van der Waals surface area contributed by atoms with Crippen molar-refractivity contribution in [2.75, 3.05) is 6.54 Å². The van der Waals surface area contributed by atoms with Gasteiger partial charge >= 0.3 is 0 Å². The number of amides is 2. The summed E-state index contributed by atoms with van der Waals surface area (Å²) in [6.07, 6.45) is 2.20. The lowest BCUT2D eigenvalue weighted by molar-refractivity contribution is -0.129. The average molecular weight is 285 g/mol. The maximum absolute atomic E-state index is 11.9. The third-order valence-corrected chi connectivity index (χ3v) is 3.42. The Labute approximate surface area is 123 Å². The molecule has 0 saturated carbocycles. The molecule has 2 amide bonds. The van der Waals surface area contributed by atoms with Gasteiger partial charge in [-0.05, 0) is 52.0 Å². The third-order valence-electron chi connectivity index (χ3n) is 3.42. The van der Waals surface area contributed by atoms with Crippen LogP contribution in [0.5, 0.6) is 0 Å². The average Bonchev–Trinajstić information content (AvgIpc) is 2.32. The van der Waals surface area contributed by atoms with E-state index in [2.05, 4.69) is 24.5 Å². The highest BCUT2D eigenvalue weighted by atomic mass is 16.2. The molecule has 0 aliphatic carbocycles. The standard InChI is InChI=1S/C15H31N3O2/c1-10(2)13(8-9-16)6-7-14(19)18-12(5)15(20)17-11(3)4/h10-13H,6-9,16H2,1-5H3,(H,17,20)(H,18,19).